The fourth-order valence-corrected chi connectivity index (χ4v) is 1.56. The minimum absolute atomic E-state index is 0.199. The maximum Gasteiger partial charge on any atom is 0.191 e. The summed E-state index contributed by atoms with van der Waals surface area (Å²) in [5.74, 6) is 0.322. The molecule has 0 saturated heterocycles. The van der Waals surface area contributed by atoms with Crippen LogP contribution in [0.15, 0.2) is 23.2 Å². The molecule has 1 aromatic carbocycles. The summed E-state index contributed by atoms with van der Waals surface area (Å²) in [5, 5.41) is 6.09. The maximum atomic E-state index is 13.4. The molecular formula is C14H21F2N3. The summed E-state index contributed by atoms with van der Waals surface area (Å²) < 4.78 is 26.4. The predicted molar refractivity (Wildman–Crippen MR) is 74.0 cm³/mol. The van der Waals surface area contributed by atoms with Gasteiger partial charge in [0.1, 0.15) is 11.6 Å². The van der Waals surface area contributed by atoms with E-state index in [2.05, 4.69) is 29.5 Å². The first kappa shape index (κ1) is 15.4. The van der Waals surface area contributed by atoms with Crippen LogP contribution in [0.25, 0.3) is 0 Å². The molecule has 0 aliphatic carbocycles. The number of benzene rings is 1. The Hall–Kier alpha value is -1.65. The van der Waals surface area contributed by atoms with Gasteiger partial charge in [-0.1, -0.05) is 13.8 Å². The van der Waals surface area contributed by atoms with Crippen LogP contribution < -0.4 is 10.6 Å². The standard InChI is InChI=1S/C14H21F2N3/c1-10(2)6-7-18-14(17-3)19-9-11-8-12(15)4-5-13(11)16/h4-5,8,10H,6-7,9H2,1-3H3,(H2,17,18,19). The van der Waals surface area contributed by atoms with Crippen molar-refractivity contribution >= 4 is 5.96 Å². The van der Waals surface area contributed by atoms with Crippen LogP contribution in [0.4, 0.5) is 8.78 Å². The Bertz CT molecular complexity index is 431. The second-order valence-corrected chi connectivity index (χ2v) is 4.77. The highest BCUT2D eigenvalue weighted by Crippen LogP contribution is 2.09. The maximum absolute atomic E-state index is 13.4. The minimum Gasteiger partial charge on any atom is -0.356 e. The Kier molecular flexibility index (Phi) is 6.25. The Morgan fingerprint density at radius 2 is 2.00 bits per heavy atom. The number of nitrogens with one attached hydrogen (secondary N) is 2. The Balaban J connectivity index is 2.47. The SMILES string of the molecule is CN=C(NCCC(C)C)NCc1cc(F)ccc1F. The van der Waals surface area contributed by atoms with Gasteiger partial charge in [-0.3, -0.25) is 4.99 Å². The first-order valence-electron chi connectivity index (χ1n) is 6.41. The molecule has 0 fully saturated rings. The number of rotatable bonds is 5. The molecule has 0 bridgehead atoms. The summed E-state index contributed by atoms with van der Waals surface area (Å²) in [5.41, 5.74) is 0.284. The van der Waals surface area contributed by atoms with Crippen LogP contribution in [-0.4, -0.2) is 19.6 Å². The van der Waals surface area contributed by atoms with Gasteiger partial charge in [-0.25, -0.2) is 8.78 Å². The molecule has 0 aliphatic rings. The van der Waals surface area contributed by atoms with Gasteiger partial charge in [-0.05, 0) is 30.5 Å². The van der Waals surface area contributed by atoms with E-state index in [1.54, 1.807) is 7.05 Å². The Morgan fingerprint density at radius 3 is 2.63 bits per heavy atom. The van der Waals surface area contributed by atoms with Crippen LogP contribution in [0.1, 0.15) is 25.8 Å². The monoisotopic (exact) mass is 269 g/mol. The van der Waals surface area contributed by atoms with E-state index in [1.807, 2.05) is 0 Å². The predicted octanol–water partition coefficient (Wildman–Crippen LogP) is 2.68. The fourth-order valence-electron chi connectivity index (χ4n) is 1.56. The second-order valence-electron chi connectivity index (χ2n) is 4.77. The van der Waals surface area contributed by atoms with Crippen molar-refractivity contribution < 1.29 is 8.78 Å². The average molecular weight is 269 g/mol. The number of hydrogen-bond donors (Lipinski definition) is 2. The second kappa shape index (κ2) is 7.71. The van der Waals surface area contributed by atoms with E-state index in [0.29, 0.717) is 11.9 Å². The minimum atomic E-state index is -0.444. The van der Waals surface area contributed by atoms with Gasteiger partial charge in [0.2, 0.25) is 0 Å². The lowest BCUT2D eigenvalue weighted by Gasteiger charge is -2.13. The van der Waals surface area contributed by atoms with Crippen molar-refractivity contribution in [3.05, 3.63) is 35.4 Å². The molecule has 19 heavy (non-hydrogen) atoms. The molecule has 0 heterocycles. The largest absolute Gasteiger partial charge is 0.356 e. The van der Waals surface area contributed by atoms with Gasteiger partial charge >= 0.3 is 0 Å². The van der Waals surface area contributed by atoms with Crippen molar-refractivity contribution in [3.63, 3.8) is 0 Å². The fraction of sp³-hybridized carbons (Fsp3) is 0.500. The van der Waals surface area contributed by atoms with E-state index < -0.39 is 11.6 Å². The molecule has 0 radical (unpaired) electrons. The van der Waals surface area contributed by atoms with Crippen molar-refractivity contribution in [3.8, 4) is 0 Å². The molecule has 0 aromatic heterocycles. The molecular weight excluding hydrogens is 248 g/mol. The quantitative estimate of drug-likeness (QED) is 0.637. The summed E-state index contributed by atoms with van der Waals surface area (Å²) in [7, 11) is 1.65. The summed E-state index contributed by atoms with van der Waals surface area (Å²) in [6.45, 7) is 5.27. The highest BCUT2D eigenvalue weighted by molar-refractivity contribution is 5.79. The van der Waals surface area contributed by atoms with E-state index in [9.17, 15) is 8.78 Å². The van der Waals surface area contributed by atoms with Crippen LogP contribution in [-0.2, 0) is 6.54 Å². The molecule has 0 amide bonds. The number of guanidine groups is 1. The van der Waals surface area contributed by atoms with Crippen LogP contribution >= 0.6 is 0 Å². The smallest absolute Gasteiger partial charge is 0.191 e. The topological polar surface area (TPSA) is 36.4 Å². The molecule has 5 heteroatoms. The third kappa shape index (κ3) is 5.68. The zero-order valence-corrected chi connectivity index (χ0v) is 11.6. The lowest BCUT2D eigenvalue weighted by atomic mass is 10.1. The normalized spacial score (nSPS) is 11.8. The van der Waals surface area contributed by atoms with E-state index >= 15 is 0 Å². The van der Waals surface area contributed by atoms with E-state index in [-0.39, 0.29) is 12.1 Å². The van der Waals surface area contributed by atoms with Crippen molar-refractivity contribution in [1.82, 2.24) is 10.6 Å². The van der Waals surface area contributed by atoms with Crippen LogP contribution in [0, 0.1) is 17.6 Å². The molecule has 1 aromatic rings. The Morgan fingerprint density at radius 1 is 1.26 bits per heavy atom. The van der Waals surface area contributed by atoms with Gasteiger partial charge in [0.25, 0.3) is 0 Å². The summed E-state index contributed by atoms with van der Waals surface area (Å²) >= 11 is 0. The van der Waals surface area contributed by atoms with E-state index in [0.717, 1.165) is 25.1 Å². The number of hydrogen-bond acceptors (Lipinski definition) is 1. The zero-order valence-electron chi connectivity index (χ0n) is 11.6. The molecule has 2 N–H and O–H groups in total. The third-order valence-corrected chi connectivity index (χ3v) is 2.69. The molecule has 3 nitrogen and oxygen atoms in total. The average Bonchev–Trinajstić information content (AvgIpc) is 2.37. The third-order valence-electron chi connectivity index (χ3n) is 2.69. The van der Waals surface area contributed by atoms with Gasteiger partial charge in [-0.2, -0.15) is 0 Å². The molecule has 1 rings (SSSR count). The van der Waals surface area contributed by atoms with Gasteiger partial charge in [0, 0.05) is 25.7 Å². The van der Waals surface area contributed by atoms with Gasteiger partial charge in [0.15, 0.2) is 5.96 Å². The summed E-state index contributed by atoms with van der Waals surface area (Å²) in [6.07, 6.45) is 1.02. The van der Waals surface area contributed by atoms with Crippen molar-refractivity contribution in [2.75, 3.05) is 13.6 Å². The highest BCUT2D eigenvalue weighted by atomic mass is 19.1. The van der Waals surface area contributed by atoms with Gasteiger partial charge in [0.05, 0.1) is 0 Å². The summed E-state index contributed by atoms with van der Waals surface area (Å²) in [4.78, 5) is 4.03. The number of nitrogens with zero attached hydrogens (tertiary/aromatic N) is 1. The van der Waals surface area contributed by atoms with Crippen LogP contribution in [0.3, 0.4) is 0 Å². The van der Waals surface area contributed by atoms with Crippen molar-refractivity contribution in [1.29, 1.82) is 0 Å². The summed E-state index contributed by atoms with van der Waals surface area (Å²) in [6, 6.07) is 3.42. The van der Waals surface area contributed by atoms with Crippen LogP contribution in [0.2, 0.25) is 0 Å². The van der Waals surface area contributed by atoms with Crippen molar-refractivity contribution in [2.24, 2.45) is 10.9 Å². The molecule has 0 aliphatic heterocycles. The Labute approximate surface area is 113 Å². The van der Waals surface area contributed by atoms with E-state index in [1.165, 1.54) is 6.07 Å². The molecule has 106 valence electrons. The van der Waals surface area contributed by atoms with Crippen LogP contribution in [0.5, 0.6) is 0 Å². The van der Waals surface area contributed by atoms with Gasteiger partial charge in [-0.15, -0.1) is 0 Å². The molecule has 0 spiro atoms. The first-order valence-corrected chi connectivity index (χ1v) is 6.41. The lowest BCUT2D eigenvalue weighted by Crippen LogP contribution is -2.37. The first-order chi connectivity index (χ1) is 9.02. The molecule has 0 atom stereocenters. The zero-order chi connectivity index (χ0) is 14.3. The van der Waals surface area contributed by atoms with E-state index in [4.69, 9.17) is 0 Å². The highest BCUT2D eigenvalue weighted by Gasteiger charge is 2.05. The number of aliphatic imine (C=N–C) groups is 1. The lowest BCUT2D eigenvalue weighted by molar-refractivity contribution is 0.569. The van der Waals surface area contributed by atoms with Crippen molar-refractivity contribution in [2.45, 2.75) is 26.8 Å². The molecule has 0 saturated carbocycles. The van der Waals surface area contributed by atoms with Gasteiger partial charge < -0.3 is 10.6 Å². The number of halogens is 2. The molecule has 0 unspecified atom stereocenters.